The monoisotopic (exact) mass is 455 g/mol. The molecule has 1 N–H and O–H groups in total. The van der Waals surface area contributed by atoms with Gasteiger partial charge in [-0.15, -0.1) is 0 Å². The molecular formula is C21H27Cl2N3O4. The standard InChI is InChI=1S/C21H27Cl2N3O4/c1-11-5-4-6-17(12(11)2)26-10-14(7-18(26)27)21(29)30-13(3)20(28)25-19-16(23)8-15(22)9-24-19/h8-9,11-14,17H,4-7,10H2,1-3H3,(H,24,25,28)/t11-,12-,13-,14+,17+/m0/s1. The number of ether oxygens (including phenoxy) is 1. The topological polar surface area (TPSA) is 88.6 Å². The molecule has 1 aliphatic heterocycles. The summed E-state index contributed by atoms with van der Waals surface area (Å²) in [6.07, 6.45) is 3.65. The molecule has 1 aromatic rings. The minimum atomic E-state index is -1.05. The molecular weight excluding hydrogens is 429 g/mol. The first-order valence-electron chi connectivity index (χ1n) is 10.3. The Morgan fingerprint density at radius 2 is 2.03 bits per heavy atom. The number of likely N-dealkylation sites (tertiary alicyclic amines) is 1. The van der Waals surface area contributed by atoms with E-state index < -0.39 is 23.9 Å². The lowest BCUT2D eigenvalue weighted by molar-refractivity contribution is -0.157. The minimum absolute atomic E-state index is 0.0165. The maximum absolute atomic E-state index is 12.6. The van der Waals surface area contributed by atoms with Crippen LogP contribution in [-0.4, -0.2) is 46.4 Å². The fourth-order valence-electron chi connectivity index (χ4n) is 4.25. The molecule has 2 heterocycles. The van der Waals surface area contributed by atoms with Gasteiger partial charge in [-0.25, -0.2) is 4.98 Å². The van der Waals surface area contributed by atoms with Crippen LogP contribution in [0.5, 0.6) is 0 Å². The van der Waals surface area contributed by atoms with Crippen molar-refractivity contribution >= 4 is 46.8 Å². The fourth-order valence-corrected chi connectivity index (χ4v) is 4.68. The summed E-state index contributed by atoms with van der Waals surface area (Å²) < 4.78 is 5.34. The third kappa shape index (κ3) is 5.06. The first-order valence-corrected chi connectivity index (χ1v) is 11.0. The average Bonchev–Trinajstić information content (AvgIpc) is 3.07. The van der Waals surface area contributed by atoms with E-state index in [-0.39, 0.29) is 29.2 Å². The van der Waals surface area contributed by atoms with Crippen LogP contribution in [0.25, 0.3) is 0 Å². The lowest BCUT2D eigenvalue weighted by Gasteiger charge is -2.39. The third-order valence-corrected chi connectivity index (χ3v) is 6.76. The van der Waals surface area contributed by atoms with Gasteiger partial charge in [0.1, 0.15) is 0 Å². The number of halogens is 2. The molecule has 9 heteroatoms. The van der Waals surface area contributed by atoms with Crippen molar-refractivity contribution in [1.82, 2.24) is 9.88 Å². The lowest BCUT2D eigenvalue weighted by Crippen LogP contribution is -2.45. The van der Waals surface area contributed by atoms with Gasteiger partial charge in [-0.05, 0) is 31.2 Å². The number of rotatable bonds is 5. The van der Waals surface area contributed by atoms with Crippen molar-refractivity contribution in [2.75, 3.05) is 11.9 Å². The first kappa shape index (κ1) is 22.8. The Kier molecular flexibility index (Phi) is 7.24. The van der Waals surface area contributed by atoms with E-state index in [1.54, 1.807) is 0 Å². The van der Waals surface area contributed by atoms with Crippen molar-refractivity contribution < 1.29 is 19.1 Å². The highest BCUT2D eigenvalue weighted by Crippen LogP contribution is 2.36. The molecule has 1 aliphatic carbocycles. The van der Waals surface area contributed by atoms with Gasteiger partial charge in [-0.1, -0.05) is 49.9 Å². The summed E-state index contributed by atoms with van der Waals surface area (Å²) in [7, 11) is 0. The quantitative estimate of drug-likeness (QED) is 0.679. The van der Waals surface area contributed by atoms with E-state index in [9.17, 15) is 14.4 Å². The van der Waals surface area contributed by atoms with Gasteiger partial charge in [0.2, 0.25) is 5.91 Å². The number of hydrogen-bond acceptors (Lipinski definition) is 5. The highest BCUT2D eigenvalue weighted by atomic mass is 35.5. The zero-order valence-corrected chi connectivity index (χ0v) is 18.9. The number of anilines is 1. The fraction of sp³-hybridized carbons (Fsp3) is 0.619. The van der Waals surface area contributed by atoms with E-state index in [4.69, 9.17) is 27.9 Å². The maximum Gasteiger partial charge on any atom is 0.312 e. The summed E-state index contributed by atoms with van der Waals surface area (Å²) in [5, 5.41) is 3.04. The van der Waals surface area contributed by atoms with E-state index in [2.05, 4.69) is 24.1 Å². The van der Waals surface area contributed by atoms with E-state index in [1.165, 1.54) is 25.6 Å². The van der Waals surface area contributed by atoms with E-state index >= 15 is 0 Å². The van der Waals surface area contributed by atoms with Gasteiger partial charge in [0.05, 0.1) is 16.0 Å². The summed E-state index contributed by atoms with van der Waals surface area (Å²) in [5.41, 5.74) is 0. The smallest absolute Gasteiger partial charge is 0.312 e. The van der Waals surface area contributed by atoms with E-state index in [1.807, 2.05) is 4.90 Å². The maximum atomic E-state index is 12.6. The number of amides is 2. The number of carbonyl (C=O) groups is 3. The van der Waals surface area contributed by atoms with Gasteiger partial charge < -0.3 is 15.0 Å². The normalized spacial score (nSPS) is 27.6. The second-order valence-corrected chi connectivity index (χ2v) is 9.18. The predicted octanol–water partition coefficient (Wildman–Crippen LogP) is 3.93. The molecule has 2 aliphatic rings. The molecule has 5 atom stereocenters. The molecule has 0 radical (unpaired) electrons. The third-order valence-electron chi connectivity index (χ3n) is 6.27. The van der Waals surface area contributed by atoms with Crippen LogP contribution in [0.15, 0.2) is 12.3 Å². The van der Waals surface area contributed by atoms with Crippen molar-refractivity contribution in [3.63, 3.8) is 0 Å². The average molecular weight is 456 g/mol. The van der Waals surface area contributed by atoms with Crippen molar-refractivity contribution in [3.05, 3.63) is 22.3 Å². The number of hydrogen-bond donors (Lipinski definition) is 1. The molecule has 2 fully saturated rings. The van der Waals surface area contributed by atoms with Gasteiger partial charge >= 0.3 is 5.97 Å². The molecule has 1 saturated carbocycles. The van der Waals surface area contributed by atoms with E-state index in [0.29, 0.717) is 23.4 Å². The zero-order valence-electron chi connectivity index (χ0n) is 17.4. The predicted molar refractivity (Wildman–Crippen MR) is 114 cm³/mol. The molecule has 1 saturated heterocycles. The van der Waals surface area contributed by atoms with Crippen LogP contribution in [0.3, 0.4) is 0 Å². The van der Waals surface area contributed by atoms with Crippen LogP contribution in [0, 0.1) is 17.8 Å². The van der Waals surface area contributed by atoms with Gasteiger partial charge in [0.15, 0.2) is 11.9 Å². The molecule has 164 valence electrons. The van der Waals surface area contributed by atoms with Crippen LogP contribution in [0.4, 0.5) is 5.82 Å². The summed E-state index contributed by atoms with van der Waals surface area (Å²) in [6.45, 7) is 6.20. The lowest BCUT2D eigenvalue weighted by atomic mass is 9.77. The van der Waals surface area contributed by atoms with Crippen molar-refractivity contribution in [1.29, 1.82) is 0 Å². The Morgan fingerprint density at radius 1 is 1.30 bits per heavy atom. The molecule has 1 aromatic heterocycles. The number of nitrogens with zero attached hydrogens (tertiary/aromatic N) is 2. The Bertz CT molecular complexity index is 834. The SMILES string of the molecule is C[C@@H]1[C@H](N2C[C@H](C(=O)O[C@@H](C)C(=O)Nc3ncc(Cl)cc3Cl)CC2=O)CCC[C@@H]1C. The van der Waals surface area contributed by atoms with Gasteiger partial charge in [-0.3, -0.25) is 14.4 Å². The van der Waals surface area contributed by atoms with Crippen LogP contribution in [-0.2, 0) is 19.1 Å². The number of carbonyl (C=O) groups excluding carboxylic acids is 3. The van der Waals surface area contributed by atoms with Crippen molar-refractivity contribution in [2.24, 2.45) is 17.8 Å². The van der Waals surface area contributed by atoms with Crippen molar-refractivity contribution in [2.45, 2.75) is 58.6 Å². The van der Waals surface area contributed by atoms with E-state index in [0.717, 1.165) is 12.8 Å². The molecule has 2 amide bonds. The summed E-state index contributed by atoms with van der Waals surface area (Å²) in [4.78, 5) is 43.3. The molecule has 7 nitrogen and oxygen atoms in total. The highest BCUT2D eigenvalue weighted by Gasteiger charge is 2.42. The second kappa shape index (κ2) is 9.52. The molecule has 0 spiro atoms. The van der Waals surface area contributed by atoms with Gasteiger partial charge in [0.25, 0.3) is 5.91 Å². The Balaban J connectivity index is 1.56. The largest absolute Gasteiger partial charge is 0.452 e. The van der Waals surface area contributed by atoms with Gasteiger partial charge in [0, 0.05) is 25.2 Å². The number of aromatic nitrogens is 1. The molecule has 30 heavy (non-hydrogen) atoms. The van der Waals surface area contributed by atoms with Crippen LogP contribution < -0.4 is 5.32 Å². The van der Waals surface area contributed by atoms with Crippen LogP contribution >= 0.6 is 23.2 Å². The Morgan fingerprint density at radius 3 is 2.73 bits per heavy atom. The summed E-state index contributed by atoms with van der Waals surface area (Å²) in [6, 6.07) is 1.62. The Hall–Kier alpha value is -1.86. The second-order valence-electron chi connectivity index (χ2n) is 8.33. The number of pyridine rings is 1. The molecule has 0 aromatic carbocycles. The highest BCUT2D eigenvalue weighted by molar-refractivity contribution is 6.36. The summed E-state index contributed by atoms with van der Waals surface area (Å²) >= 11 is 11.8. The minimum Gasteiger partial charge on any atom is -0.452 e. The Labute approximate surface area is 186 Å². The van der Waals surface area contributed by atoms with Crippen LogP contribution in [0.2, 0.25) is 10.0 Å². The number of esters is 1. The zero-order chi connectivity index (χ0) is 22.0. The first-order chi connectivity index (χ1) is 14.2. The number of nitrogens with one attached hydrogen (secondary N) is 1. The van der Waals surface area contributed by atoms with Gasteiger partial charge in [-0.2, -0.15) is 0 Å². The molecule has 3 rings (SSSR count). The van der Waals surface area contributed by atoms with Crippen molar-refractivity contribution in [3.8, 4) is 0 Å². The molecule has 0 bridgehead atoms. The molecule has 0 unspecified atom stereocenters. The van der Waals surface area contributed by atoms with Crippen LogP contribution in [0.1, 0.15) is 46.5 Å². The summed E-state index contributed by atoms with van der Waals surface area (Å²) in [5.74, 6) is -0.585.